The third kappa shape index (κ3) is 9.67. The average molecular weight is 508 g/mol. The number of likely N-dealkylation sites (N-methyl/N-ethyl adjacent to an activating group) is 1. The lowest BCUT2D eigenvalue weighted by atomic mass is 9.80. The fourth-order valence-corrected chi connectivity index (χ4v) is 4.03. The first-order valence-corrected chi connectivity index (χ1v) is 13.0. The molecule has 0 N–H and O–H groups in total. The number of ether oxygens (including phenoxy) is 5. The molecule has 0 aliphatic rings. The summed E-state index contributed by atoms with van der Waals surface area (Å²) in [4.78, 5) is 2.09. The van der Waals surface area contributed by atoms with E-state index in [9.17, 15) is 0 Å². The predicted octanol–water partition coefficient (Wildman–Crippen LogP) is 4.62. The van der Waals surface area contributed by atoms with E-state index in [0.717, 1.165) is 29.8 Å². The number of nitrogens with zero attached hydrogens (tertiary/aromatic N) is 1. The lowest BCUT2D eigenvalue weighted by Crippen LogP contribution is -2.34. The van der Waals surface area contributed by atoms with Crippen LogP contribution in [0.15, 0.2) is 91.0 Å². The first-order chi connectivity index (χ1) is 18.2. The molecule has 0 aliphatic carbocycles. The Morgan fingerprint density at radius 3 is 1.14 bits per heavy atom. The minimum atomic E-state index is -0.725. The molecule has 0 spiro atoms. The van der Waals surface area contributed by atoms with Crippen molar-refractivity contribution in [1.29, 1.82) is 0 Å². The van der Waals surface area contributed by atoms with Crippen molar-refractivity contribution in [2.24, 2.45) is 0 Å². The second-order valence-electron chi connectivity index (χ2n) is 8.88. The van der Waals surface area contributed by atoms with Crippen molar-refractivity contribution in [1.82, 2.24) is 4.90 Å². The highest BCUT2D eigenvalue weighted by atomic mass is 16.6. The largest absolute Gasteiger partial charge is 0.378 e. The quantitative estimate of drug-likeness (QED) is 0.174. The molecule has 0 amide bonds. The van der Waals surface area contributed by atoms with E-state index >= 15 is 0 Å². The fourth-order valence-electron chi connectivity index (χ4n) is 4.03. The van der Waals surface area contributed by atoms with Crippen LogP contribution in [0.4, 0.5) is 0 Å². The maximum absolute atomic E-state index is 6.70. The van der Waals surface area contributed by atoms with Crippen molar-refractivity contribution in [2.45, 2.75) is 5.60 Å². The van der Waals surface area contributed by atoms with Crippen molar-refractivity contribution < 1.29 is 23.7 Å². The van der Waals surface area contributed by atoms with Gasteiger partial charge in [-0.2, -0.15) is 0 Å². The van der Waals surface area contributed by atoms with Gasteiger partial charge in [0.15, 0.2) is 0 Å². The summed E-state index contributed by atoms with van der Waals surface area (Å²) in [7, 11) is 4.06. The first-order valence-electron chi connectivity index (χ1n) is 13.0. The smallest absolute Gasteiger partial charge is 0.143 e. The molecule has 0 unspecified atom stereocenters. The second kappa shape index (κ2) is 17.0. The van der Waals surface area contributed by atoms with E-state index in [1.807, 2.05) is 32.3 Å². The summed E-state index contributed by atoms with van der Waals surface area (Å²) in [5, 5.41) is 0. The molecule has 0 saturated carbocycles. The summed E-state index contributed by atoms with van der Waals surface area (Å²) >= 11 is 0. The zero-order valence-corrected chi connectivity index (χ0v) is 22.2. The van der Waals surface area contributed by atoms with E-state index in [-0.39, 0.29) is 0 Å². The number of rotatable bonds is 19. The molecule has 0 bridgehead atoms. The van der Waals surface area contributed by atoms with Gasteiger partial charge in [0.1, 0.15) is 5.60 Å². The normalized spacial score (nSPS) is 11.8. The minimum Gasteiger partial charge on any atom is -0.378 e. The van der Waals surface area contributed by atoms with E-state index in [0.29, 0.717) is 52.9 Å². The van der Waals surface area contributed by atoms with Crippen LogP contribution in [0.5, 0.6) is 0 Å². The van der Waals surface area contributed by atoms with E-state index in [2.05, 4.69) is 77.7 Å². The second-order valence-corrected chi connectivity index (χ2v) is 8.88. The molecule has 0 heterocycles. The molecule has 0 atom stereocenters. The zero-order valence-electron chi connectivity index (χ0n) is 22.2. The molecule has 3 aromatic rings. The van der Waals surface area contributed by atoms with Crippen LogP contribution in [-0.2, 0) is 29.3 Å². The van der Waals surface area contributed by atoms with Gasteiger partial charge in [0.05, 0.1) is 59.5 Å². The van der Waals surface area contributed by atoms with E-state index in [1.54, 1.807) is 0 Å². The summed E-state index contributed by atoms with van der Waals surface area (Å²) in [6.07, 6.45) is 0. The van der Waals surface area contributed by atoms with Gasteiger partial charge >= 0.3 is 0 Å². The molecule has 3 aromatic carbocycles. The average Bonchev–Trinajstić information content (AvgIpc) is 2.94. The van der Waals surface area contributed by atoms with Gasteiger partial charge in [-0.05, 0) is 30.8 Å². The van der Waals surface area contributed by atoms with Gasteiger partial charge in [0.25, 0.3) is 0 Å². The maximum Gasteiger partial charge on any atom is 0.143 e. The van der Waals surface area contributed by atoms with Gasteiger partial charge in [0.2, 0.25) is 0 Å². The summed E-state index contributed by atoms with van der Waals surface area (Å²) in [5.74, 6) is 0. The topological polar surface area (TPSA) is 49.4 Å². The van der Waals surface area contributed by atoms with Crippen LogP contribution in [0.2, 0.25) is 0 Å². The Labute approximate surface area is 222 Å². The Bertz CT molecular complexity index is 856. The summed E-state index contributed by atoms with van der Waals surface area (Å²) < 4.78 is 29.1. The SMILES string of the molecule is CN(C)CCOCCOCCOCCOCCOC(c1ccccc1)(c1ccccc1)c1ccccc1. The van der Waals surface area contributed by atoms with E-state index in [4.69, 9.17) is 23.7 Å². The summed E-state index contributed by atoms with van der Waals surface area (Å²) in [6, 6.07) is 31.1. The molecule has 200 valence electrons. The van der Waals surface area contributed by atoms with Crippen molar-refractivity contribution in [2.75, 3.05) is 80.1 Å². The molecule has 3 rings (SSSR count). The molecular weight excluding hydrogens is 466 g/mol. The molecule has 0 radical (unpaired) electrons. The van der Waals surface area contributed by atoms with Gasteiger partial charge in [-0.25, -0.2) is 0 Å². The Morgan fingerprint density at radius 2 is 0.784 bits per heavy atom. The Morgan fingerprint density at radius 1 is 0.459 bits per heavy atom. The van der Waals surface area contributed by atoms with Crippen molar-refractivity contribution in [3.8, 4) is 0 Å². The molecule has 0 aromatic heterocycles. The number of hydrogen-bond donors (Lipinski definition) is 0. The maximum atomic E-state index is 6.70. The van der Waals surface area contributed by atoms with Crippen molar-refractivity contribution >= 4 is 0 Å². The Kier molecular flexibility index (Phi) is 13.3. The highest BCUT2D eigenvalue weighted by molar-refractivity contribution is 5.47. The predicted molar refractivity (Wildman–Crippen MR) is 147 cm³/mol. The van der Waals surface area contributed by atoms with Crippen LogP contribution >= 0.6 is 0 Å². The molecule has 0 aliphatic heterocycles. The number of hydrogen-bond acceptors (Lipinski definition) is 6. The Hall–Kier alpha value is -2.58. The van der Waals surface area contributed by atoms with Gasteiger partial charge in [-0.15, -0.1) is 0 Å². The van der Waals surface area contributed by atoms with Crippen LogP contribution < -0.4 is 0 Å². The monoisotopic (exact) mass is 507 g/mol. The summed E-state index contributed by atoms with van der Waals surface area (Å²) in [6.45, 7) is 5.84. The van der Waals surface area contributed by atoms with Gasteiger partial charge in [-0.1, -0.05) is 91.0 Å². The van der Waals surface area contributed by atoms with Gasteiger partial charge < -0.3 is 28.6 Å². The molecule has 6 heteroatoms. The number of benzene rings is 3. The standard InChI is InChI=1S/C31H41NO5/c1-32(2)18-19-33-20-21-34-22-23-35-24-25-36-26-27-37-31(28-12-6-3-7-13-28,29-14-8-4-9-15-29)30-16-10-5-11-17-30/h3-17H,18-27H2,1-2H3. The fraction of sp³-hybridized carbons (Fsp3) is 0.419. The highest BCUT2D eigenvalue weighted by Crippen LogP contribution is 2.40. The molecule has 37 heavy (non-hydrogen) atoms. The minimum absolute atomic E-state index is 0.440. The van der Waals surface area contributed by atoms with Crippen LogP contribution in [0, 0.1) is 0 Å². The lowest BCUT2D eigenvalue weighted by molar-refractivity contribution is -0.0384. The van der Waals surface area contributed by atoms with Crippen LogP contribution in [-0.4, -0.2) is 85.0 Å². The van der Waals surface area contributed by atoms with Crippen LogP contribution in [0.1, 0.15) is 16.7 Å². The summed E-state index contributed by atoms with van der Waals surface area (Å²) in [5.41, 5.74) is 2.52. The van der Waals surface area contributed by atoms with E-state index in [1.165, 1.54) is 0 Å². The van der Waals surface area contributed by atoms with E-state index < -0.39 is 5.60 Å². The highest BCUT2D eigenvalue weighted by Gasteiger charge is 2.37. The Balaban J connectivity index is 1.42. The third-order valence-corrected chi connectivity index (χ3v) is 5.89. The van der Waals surface area contributed by atoms with Crippen LogP contribution in [0.25, 0.3) is 0 Å². The van der Waals surface area contributed by atoms with Crippen LogP contribution in [0.3, 0.4) is 0 Å². The lowest BCUT2D eigenvalue weighted by Gasteiger charge is -2.36. The van der Waals surface area contributed by atoms with Gasteiger partial charge in [-0.3, -0.25) is 0 Å². The molecular formula is C31H41NO5. The molecule has 6 nitrogen and oxygen atoms in total. The third-order valence-electron chi connectivity index (χ3n) is 5.89. The van der Waals surface area contributed by atoms with Gasteiger partial charge in [0, 0.05) is 6.54 Å². The first kappa shape index (κ1) is 29.0. The molecule has 0 saturated heterocycles. The molecule has 0 fully saturated rings. The van der Waals surface area contributed by atoms with Crippen molar-refractivity contribution in [3.63, 3.8) is 0 Å². The van der Waals surface area contributed by atoms with Crippen molar-refractivity contribution in [3.05, 3.63) is 108 Å². The zero-order chi connectivity index (χ0) is 26.0.